The highest BCUT2D eigenvalue weighted by molar-refractivity contribution is 5.71. The molecule has 0 heterocycles. The van der Waals surface area contributed by atoms with Crippen molar-refractivity contribution in [2.45, 2.75) is 24.8 Å². The third kappa shape index (κ3) is 1.71. The lowest BCUT2D eigenvalue weighted by atomic mass is 10.1. The van der Waals surface area contributed by atoms with Gasteiger partial charge in [0.25, 0.3) is 0 Å². The summed E-state index contributed by atoms with van der Waals surface area (Å²) in [6, 6.07) is 0. The number of carbonyl (C=O) groups excluding carboxylic acids is 1. The summed E-state index contributed by atoms with van der Waals surface area (Å²) in [7, 11) is 5.46. The fraction of sp³-hybridized carbons (Fsp3) is 0.875. The SMILES string of the molecule is COC(=O)CC1(N(C)C)CC1. The van der Waals surface area contributed by atoms with E-state index >= 15 is 0 Å². The first-order valence-electron chi connectivity index (χ1n) is 3.85. The largest absolute Gasteiger partial charge is 0.469 e. The number of ether oxygens (including phenoxy) is 1. The highest BCUT2D eigenvalue weighted by atomic mass is 16.5. The highest BCUT2D eigenvalue weighted by Gasteiger charge is 2.46. The van der Waals surface area contributed by atoms with E-state index in [0.717, 1.165) is 12.8 Å². The van der Waals surface area contributed by atoms with Crippen LogP contribution in [0.5, 0.6) is 0 Å². The zero-order chi connectivity index (χ0) is 8.48. The lowest BCUT2D eigenvalue weighted by Gasteiger charge is -2.21. The molecule has 0 N–H and O–H groups in total. The maximum Gasteiger partial charge on any atom is 0.307 e. The lowest BCUT2D eigenvalue weighted by molar-refractivity contribution is -0.142. The topological polar surface area (TPSA) is 29.5 Å². The van der Waals surface area contributed by atoms with Gasteiger partial charge in [0.05, 0.1) is 13.5 Å². The van der Waals surface area contributed by atoms with Crippen molar-refractivity contribution in [2.24, 2.45) is 0 Å². The summed E-state index contributed by atoms with van der Waals surface area (Å²) in [5.41, 5.74) is 0.132. The summed E-state index contributed by atoms with van der Waals surface area (Å²) >= 11 is 0. The number of nitrogens with zero attached hydrogens (tertiary/aromatic N) is 1. The third-order valence-corrected chi connectivity index (χ3v) is 2.48. The Morgan fingerprint density at radius 1 is 1.55 bits per heavy atom. The van der Waals surface area contributed by atoms with Gasteiger partial charge in [-0.1, -0.05) is 0 Å². The molecule has 0 aromatic heterocycles. The molecule has 0 radical (unpaired) electrons. The molecule has 0 aromatic rings. The first-order valence-corrected chi connectivity index (χ1v) is 3.85. The van der Waals surface area contributed by atoms with E-state index in [4.69, 9.17) is 0 Å². The molecule has 11 heavy (non-hydrogen) atoms. The Bertz CT molecular complexity index is 161. The maximum absolute atomic E-state index is 10.9. The van der Waals surface area contributed by atoms with Gasteiger partial charge < -0.3 is 9.64 Å². The zero-order valence-electron chi connectivity index (χ0n) is 7.39. The second-order valence-corrected chi connectivity index (χ2v) is 3.37. The molecular formula is C8H15NO2. The van der Waals surface area contributed by atoms with Crippen molar-refractivity contribution in [3.05, 3.63) is 0 Å². The molecule has 0 aromatic carbocycles. The molecule has 0 saturated heterocycles. The molecule has 1 rings (SSSR count). The van der Waals surface area contributed by atoms with E-state index < -0.39 is 0 Å². The maximum atomic E-state index is 10.9. The fourth-order valence-electron chi connectivity index (χ4n) is 1.27. The third-order valence-electron chi connectivity index (χ3n) is 2.48. The minimum absolute atomic E-state index is 0.101. The van der Waals surface area contributed by atoms with Crippen LogP contribution in [0.25, 0.3) is 0 Å². The van der Waals surface area contributed by atoms with Crippen molar-refractivity contribution in [2.75, 3.05) is 21.2 Å². The van der Waals surface area contributed by atoms with Gasteiger partial charge in [-0.15, -0.1) is 0 Å². The first kappa shape index (κ1) is 8.53. The molecular weight excluding hydrogens is 142 g/mol. The van der Waals surface area contributed by atoms with Gasteiger partial charge in [0.15, 0.2) is 0 Å². The number of carbonyl (C=O) groups is 1. The van der Waals surface area contributed by atoms with E-state index in [1.165, 1.54) is 7.11 Å². The average molecular weight is 157 g/mol. The van der Waals surface area contributed by atoms with Crippen LogP contribution in [0, 0.1) is 0 Å². The minimum atomic E-state index is -0.101. The summed E-state index contributed by atoms with van der Waals surface area (Å²) in [6.45, 7) is 0. The number of methoxy groups -OCH3 is 1. The summed E-state index contributed by atoms with van der Waals surface area (Å²) in [5, 5.41) is 0. The number of rotatable bonds is 3. The smallest absolute Gasteiger partial charge is 0.307 e. The molecule has 3 heteroatoms. The van der Waals surface area contributed by atoms with Gasteiger partial charge in [-0.05, 0) is 26.9 Å². The van der Waals surface area contributed by atoms with Gasteiger partial charge in [0.1, 0.15) is 0 Å². The van der Waals surface area contributed by atoms with Crippen LogP contribution in [-0.2, 0) is 9.53 Å². The summed E-state index contributed by atoms with van der Waals surface area (Å²) < 4.78 is 4.61. The van der Waals surface area contributed by atoms with Crippen molar-refractivity contribution in [1.82, 2.24) is 4.90 Å². The van der Waals surface area contributed by atoms with E-state index in [9.17, 15) is 4.79 Å². The minimum Gasteiger partial charge on any atom is -0.469 e. The van der Waals surface area contributed by atoms with Gasteiger partial charge in [0.2, 0.25) is 0 Å². The van der Waals surface area contributed by atoms with E-state index in [-0.39, 0.29) is 11.5 Å². The van der Waals surface area contributed by atoms with Gasteiger partial charge in [-0.3, -0.25) is 4.79 Å². The monoisotopic (exact) mass is 157 g/mol. The Labute approximate surface area is 67.3 Å². The summed E-state index contributed by atoms with van der Waals surface area (Å²) in [6.07, 6.45) is 2.78. The van der Waals surface area contributed by atoms with Gasteiger partial charge in [-0.25, -0.2) is 0 Å². The molecule has 0 atom stereocenters. The van der Waals surface area contributed by atoms with Crippen molar-refractivity contribution in [3.63, 3.8) is 0 Å². The fourth-order valence-corrected chi connectivity index (χ4v) is 1.27. The first-order chi connectivity index (χ1) is 5.10. The Morgan fingerprint density at radius 3 is 2.36 bits per heavy atom. The Hall–Kier alpha value is -0.570. The van der Waals surface area contributed by atoms with Crippen LogP contribution in [0.1, 0.15) is 19.3 Å². The molecule has 3 nitrogen and oxygen atoms in total. The second-order valence-electron chi connectivity index (χ2n) is 3.37. The average Bonchev–Trinajstić information content (AvgIpc) is 2.69. The molecule has 1 aliphatic rings. The summed E-state index contributed by atoms with van der Waals surface area (Å²) in [4.78, 5) is 13.0. The normalized spacial score (nSPS) is 20.0. The van der Waals surface area contributed by atoms with E-state index in [2.05, 4.69) is 9.64 Å². The molecule has 0 bridgehead atoms. The van der Waals surface area contributed by atoms with Crippen LogP contribution in [0.2, 0.25) is 0 Å². The highest BCUT2D eigenvalue weighted by Crippen LogP contribution is 2.43. The van der Waals surface area contributed by atoms with Crippen LogP contribution >= 0.6 is 0 Å². The standard InChI is InChI=1S/C8H15NO2/c1-9(2)8(4-5-8)6-7(10)11-3/h4-6H2,1-3H3. The van der Waals surface area contributed by atoms with Crippen LogP contribution in [0.3, 0.4) is 0 Å². The van der Waals surface area contributed by atoms with Gasteiger partial charge in [0, 0.05) is 5.54 Å². The molecule has 1 fully saturated rings. The number of hydrogen-bond donors (Lipinski definition) is 0. The zero-order valence-corrected chi connectivity index (χ0v) is 7.39. The van der Waals surface area contributed by atoms with Gasteiger partial charge in [-0.2, -0.15) is 0 Å². The molecule has 0 spiro atoms. The summed E-state index contributed by atoms with van der Waals surface area (Å²) in [5.74, 6) is -0.101. The second kappa shape index (κ2) is 2.81. The predicted octanol–water partition coefficient (Wildman–Crippen LogP) is 0.644. The van der Waals surface area contributed by atoms with E-state index in [1.807, 2.05) is 14.1 Å². The molecule has 1 saturated carbocycles. The Balaban J connectivity index is 2.41. The van der Waals surface area contributed by atoms with E-state index in [0.29, 0.717) is 6.42 Å². The lowest BCUT2D eigenvalue weighted by Crippen LogP contribution is -2.32. The Morgan fingerprint density at radius 2 is 2.09 bits per heavy atom. The van der Waals surface area contributed by atoms with E-state index in [1.54, 1.807) is 0 Å². The molecule has 0 amide bonds. The van der Waals surface area contributed by atoms with Crippen molar-refractivity contribution in [1.29, 1.82) is 0 Å². The molecule has 64 valence electrons. The van der Waals surface area contributed by atoms with Crippen molar-refractivity contribution in [3.8, 4) is 0 Å². The van der Waals surface area contributed by atoms with Crippen LogP contribution in [0.15, 0.2) is 0 Å². The number of esters is 1. The van der Waals surface area contributed by atoms with Crippen LogP contribution in [0.4, 0.5) is 0 Å². The molecule has 0 aliphatic heterocycles. The van der Waals surface area contributed by atoms with Crippen LogP contribution < -0.4 is 0 Å². The van der Waals surface area contributed by atoms with Crippen LogP contribution in [-0.4, -0.2) is 37.6 Å². The Kier molecular flexibility index (Phi) is 2.18. The number of hydrogen-bond acceptors (Lipinski definition) is 3. The van der Waals surface area contributed by atoms with Crippen molar-refractivity contribution < 1.29 is 9.53 Å². The van der Waals surface area contributed by atoms with Crippen molar-refractivity contribution >= 4 is 5.97 Å². The predicted molar refractivity (Wildman–Crippen MR) is 42.3 cm³/mol. The quantitative estimate of drug-likeness (QED) is 0.563. The molecule has 0 unspecified atom stereocenters. The molecule has 1 aliphatic carbocycles. The van der Waals surface area contributed by atoms with Gasteiger partial charge >= 0.3 is 5.97 Å².